The minimum atomic E-state index is 0.670. The smallest absolute Gasteiger partial charge is 0.0235 e. The largest absolute Gasteiger partial charge is 0.317 e. The molecule has 2 atom stereocenters. The molecule has 1 saturated heterocycles. The van der Waals surface area contributed by atoms with Gasteiger partial charge in [-0.25, -0.2) is 0 Å². The summed E-state index contributed by atoms with van der Waals surface area (Å²) in [6.45, 7) is 8.27. The zero-order valence-corrected chi connectivity index (χ0v) is 12.4. The van der Waals surface area contributed by atoms with Crippen LogP contribution in [0.3, 0.4) is 0 Å². The Kier molecular flexibility index (Phi) is 6.45. The minimum Gasteiger partial charge on any atom is -0.317 e. The normalized spacial score (nSPS) is 25.4. The van der Waals surface area contributed by atoms with E-state index >= 15 is 0 Å². The van der Waals surface area contributed by atoms with Crippen molar-refractivity contribution < 1.29 is 0 Å². The molecule has 1 heterocycles. The van der Waals surface area contributed by atoms with Crippen molar-refractivity contribution in [2.75, 3.05) is 40.8 Å². The Labute approximate surface area is 108 Å². The van der Waals surface area contributed by atoms with Crippen LogP contribution in [0.25, 0.3) is 0 Å². The highest BCUT2D eigenvalue weighted by molar-refractivity contribution is 4.85. The van der Waals surface area contributed by atoms with Gasteiger partial charge in [-0.15, -0.1) is 0 Å². The number of nitrogens with zero attached hydrogens (tertiary/aromatic N) is 2. The van der Waals surface area contributed by atoms with Gasteiger partial charge in [0, 0.05) is 31.7 Å². The first kappa shape index (κ1) is 14.9. The Bertz CT molecular complexity index is 204. The van der Waals surface area contributed by atoms with Gasteiger partial charge < -0.3 is 15.1 Å². The zero-order chi connectivity index (χ0) is 12.8. The summed E-state index contributed by atoms with van der Waals surface area (Å²) in [7, 11) is 6.64. The van der Waals surface area contributed by atoms with Crippen LogP contribution in [0, 0.1) is 5.92 Å². The highest BCUT2D eigenvalue weighted by Crippen LogP contribution is 2.20. The molecule has 0 bridgehead atoms. The third-order valence-electron chi connectivity index (χ3n) is 4.49. The fraction of sp³-hybridized carbons (Fsp3) is 1.00. The van der Waals surface area contributed by atoms with Crippen molar-refractivity contribution in [3.8, 4) is 0 Å². The van der Waals surface area contributed by atoms with Gasteiger partial charge in [-0.05, 0) is 33.5 Å². The Balaban J connectivity index is 2.53. The van der Waals surface area contributed by atoms with Gasteiger partial charge in [0.2, 0.25) is 0 Å². The van der Waals surface area contributed by atoms with Crippen molar-refractivity contribution in [2.45, 2.75) is 45.2 Å². The quantitative estimate of drug-likeness (QED) is 0.763. The van der Waals surface area contributed by atoms with Crippen LogP contribution in [0.5, 0.6) is 0 Å². The molecule has 3 heteroatoms. The number of hydrogen-bond donors (Lipinski definition) is 1. The predicted octanol–water partition coefficient (Wildman–Crippen LogP) is 1.65. The Morgan fingerprint density at radius 1 is 1.18 bits per heavy atom. The number of nitrogens with one attached hydrogen (secondary N) is 1. The van der Waals surface area contributed by atoms with Crippen LogP contribution < -0.4 is 5.32 Å². The van der Waals surface area contributed by atoms with Crippen LogP contribution in [0.4, 0.5) is 0 Å². The first-order valence-electron chi connectivity index (χ1n) is 7.18. The summed E-state index contributed by atoms with van der Waals surface area (Å²) in [6.07, 6.45) is 3.85. The van der Waals surface area contributed by atoms with E-state index in [1.54, 1.807) is 0 Å². The SMILES string of the molecule is CCC(CC)C(CC1CN(C)CCN1C)NC. The second kappa shape index (κ2) is 7.34. The van der Waals surface area contributed by atoms with E-state index in [1.807, 2.05) is 0 Å². The second-order valence-electron chi connectivity index (χ2n) is 5.60. The molecule has 0 radical (unpaired) electrons. The average molecular weight is 241 g/mol. The van der Waals surface area contributed by atoms with Gasteiger partial charge in [0.1, 0.15) is 0 Å². The lowest BCUT2D eigenvalue weighted by atomic mass is 9.88. The summed E-state index contributed by atoms with van der Waals surface area (Å²) in [5.74, 6) is 0.820. The van der Waals surface area contributed by atoms with Crippen LogP contribution in [0.1, 0.15) is 33.1 Å². The van der Waals surface area contributed by atoms with Crippen LogP contribution in [0.2, 0.25) is 0 Å². The van der Waals surface area contributed by atoms with Crippen molar-refractivity contribution in [3.05, 3.63) is 0 Å². The second-order valence-corrected chi connectivity index (χ2v) is 5.60. The maximum atomic E-state index is 3.54. The van der Waals surface area contributed by atoms with Gasteiger partial charge in [-0.3, -0.25) is 0 Å². The lowest BCUT2D eigenvalue weighted by molar-refractivity contribution is 0.0945. The molecule has 0 aromatic rings. The van der Waals surface area contributed by atoms with Crippen LogP contribution >= 0.6 is 0 Å². The van der Waals surface area contributed by atoms with Gasteiger partial charge >= 0.3 is 0 Å². The van der Waals surface area contributed by atoms with E-state index in [-0.39, 0.29) is 0 Å². The summed E-state index contributed by atoms with van der Waals surface area (Å²) in [4.78, 5) is 5.00. The van der Waals surface area contributed by atoms with E-state index in [1.165, 1.54) is 38.9 Å². The molecule has 17 heavy (non-hydrogen) atoms. The van der Waals surface area contributed by atoms with E-state index in [9.17, 15) is 0 Å². The lowest BCUT2D eigenvalue weighted by Gasteiger charge is -2.40. The summed E-state index contributed by atoms with van der Waals surface area (Å²) in [5, 5.41) is 3.54. The van der Waals surface area contributed by atoms with E-state index in [2.05, 4.69) is 50.1 Å². The summed E-state index contributed by atoms with van der Waals surface area (Å²) in [6, 6.07) is 1.38. The molecule has 2 unspecified atom stereocenters. The fourth-order valence-electron chi connectivity index (χ4n) is 3.05. The number of piperazine rings is 1. The van der Waals surface area contributed by atoms with Crippen molar-refractivity contribution >= 4 is 0 Å². The highest BCUT2D eigenvalue weighted by Gasteiger charge is 2.27. The molecule has 1 fully saturated rings. The molecular formula is C14H31N3. The van der Waals surface area contributed by atoms with Crippen LogP contribution in [0.15, 0.2) is 0 Å². The maximum absolute atomic E-state index is 3.54. The summed E-state index contributed by atoms with van der Waals surface area (Å²) >= 11 is 0. The standard InChI is InChI=1S/C14H31N3/c1-6-12(7-2)14(15-3)10-13-11-16(4)8-9-17(13)5/h12-15H,6-11H2,1-5H3. The van der Waals surface area contributed by atoms with Gasteiger partial charge in [0.25, 0.3) is 0 Å². The van der Waals surface area contributed by atoms with Crippen molar-refractivity contribution in [2.24, 2.45) is 5.92 Å². The molecule has 0 aliphatic carbocycles. The third kappa shape index (κ3) is 4.23. The monoisotopic (exact) mass is 241 g/mol. The van der Waals surface area contributed by atoms with Crippen LogP contribution in [-0.2, 0) is 0 Å². The van der Waals surface area contributed by atoms with Crippen molar-refractivity contribution in [1.82, 2.24) is 15.1 Å². The summed E-state index contributed by atoms with van der Waals surface area (Å²) in [5.41, 5.74) is 0. The average Bonchev–Trinajstić information content (AvgIpc) is 2.33. The van der Waals surface area contributed by atoms with Crippen LogP contribution in [-0.4, -0.2) is 62.7 Å². The molecular weight excluding hydrogens is 210 g/mol. The first-order chi connectivity index (χ1) is 8.12. The number of likely N-dealkylation sites (N-methyl/N-ethyl adjacent to an activating group) is 2. The van der Waals surface area contributed by atoms with Gasteiger partial charge in [0.15, 0.2) is 0 Å². The molecule has 0 spiro atoms. The molecule has 0 amide bonds. The minimum absolute atomic E-state index is 0.670. The van der Waals surface area contributed by atoms with Crippen molar-refractivity contribution in [3.63, 3.8) is 0 Å². The van der Waals surface area contributed by atoms with Crippen molar-refractivity contribution in [1.29, 1.82) is 0 Å². The molecule has 1 aliphatic rings. The van der Waals surface area contributed by atoms with Gasteiger partial charge in [-0.2, -0.15) is 0 Å². The number of rotatable bonds is 6. The highest BCUT2D eigenvalue weighted by atomic mass is 15.3. The first-order valence-corrected chi connectivity index (χ1v) is 7.18. The zero-order valence-electron chi connectivity index (χ0n) is 12.4. The molecule has 0 aromatic carbocycles. The third-order valence-corrected chi connectivity index (χ3v) is 4.49. The molecule has 0 aromatic heterocycles. The lowest BCUT2D eigenvalue weighted by Crippen LogP contribution is -2.52. The predicted molar refractivity (Wildman–Crippen MR) is 75.5 cm³/mol. The maximum Gasteiger partial charge on any atom is 0.0235 e. The number of hydrogen-bond acceptors (Lipinski definition) is 3. The summed E-state index contributed by atoms with van der Waals surface area (Å²) < 4.78 is 0. The molecule has 0 saturated carbocycles. The molecule has 1 aliphatic heterocycles. The molecule has 1 rings (SSSR count). The Hall–Kier alpha value is -0.120. The van der Waals surface area contributed by atoms with E-state index in [4.69, 9.17) is 0 Å². The fourth-order valence-corrected chi connectivity index (χ4v) is 3.05. The van der Waals surface area contributed by atoms with E-state index in [0.29, 0.717) is 12.1 Å². The van der Waals surface area contributed by atoms with E-state index in [0.717, 1.165) is 5.92 Å². The Morgan fingerprint density at radius 2 is 1.82 bits per heavy atom. The van der Waals surface area contributed by atoms with Gasteiger partial charge in [-0.1, -0.05) is 26.7 Å². The molecule has 1 N–H and O–H groups in total. The topological polar surface area (TPSA) is 18.5 Å². The van der Waals surface area contributed by atoms with Gasteiger partial charge in [0.05, 0.1) is 0 Å². The van der Waals surface area contributed by atoms with E-state index < -0.39 is 0 Å². The molecule has 102 valence electrons. The molecule has 3 nitrogen and oxygen atoms in total. The Morgan fingerprint density at radius 3 is 2.35 bits per heavy atom.